The van der Waals surface area contributed by atoms with E-state index < -0.39 is 10.0 Å². The highest BCUT2D eigenvalue weighted by molar-refractivity contribution is 7.89. The van der Waals surface area contributed by atoms with Crippen LogP contribution in [0.4, 0.5) is 0 Å². The SMILES string of the molecule is CC(C)c1ccc(-c2noc(C3CCCN(S(=O)(=O)c4ccccc4)C3)n2)cc1. The molecule has 0 aliphatic carbocycles. The zero-order chi connectivity index (χ0) is 20.4. The Balaban J connectivity index is 1.52. The van der Waals surface area contributed by atoms with E-state index in [1.807, 2.05) is 18.2 Å². The van der Waals surface area contributed by atoms with E-state index in [4.69, 9.17) is 4.52 Å². The molecule has 1 aromatic heterocycles. The predicted molar refractivity (Wildman–Crippen MR) is 111 cm³/mol. The van der Waals surface area contributed by atoms with Crippen LogP contribution in [0.15, 0.2) is 64.0 Å². The average Bonchev–Trinajstić information content (AvgIpc) is 3.25. The first kappa shape index (κ1) is 19.8. The van der Waals surface area contributed by atoms with E-state index in [-0.39, 0.29) is 5.92 Å². The zero-order valence-electron chi connectivity index (χ0n) is 16.7. The second kappa shape index (κ2) is 8.08. The van der Waals surface area contributed by atoms with Gasteiger partial charge in [-0.3, -0.25) is 0 Å². The molecule has 0 bridgehead atoms. The largest absolute Gasteiger partial charge is 0.339 e. The number of rotatable bonds is 5. The van der Waals surface area contributed by atoms with Crippen LogP contribution in [0, 0.1) is 0 Å². The molecular formula is C22H25N3O3S. The van der Waals surface area contributed by atoms with E-state index in [2.05, 4.69) is 36.1 Å². The van der Waals surface area contributed by atoms with Gasteiger partial charge in [0.25, 0.3) is 0 Å². The quantitative estimate of drug-likeness (QED) is 0.621. The van der Waals surface area contributed by atoms with Crippen LogP contribution in [0.2, 0.25) is 0 Å². The molecule has 1 fully saturated rings. The number of benzene rings is 2. The summed E-state index contributed by atoms with van der Waals surface area (Å²) in [5.74, 6) is 1.40. The summed E-state index contributed by atoms with van der Waals surface area (Å²) in [6, 6.07) is 16.7. The first-order valence-corrected chi connectivity index (χ1v) is 11.4. The van der Waals surface area contributed by atoms with Crippen molar-refractivity contribution in [2.24, 2.45) is 0 Å². The van der Waals surface area contributed by atoms with Crippen LogP contribution in [-0.4, -0.2) is 36.0 Å². The zero-order valence-corrected chi connectivity index (χ0v) is 17.5. The Bertz CT molecular complexity index is 1060. The molecule has 152 valence electrons. The van der Waals surface area contributed by atoms with Gasteiger partial charge in [0.05, 0.1) is 10.8 Å². The minimum Gasteiger partial charge on any atom is -0.339 e. The van der Waals surface area contributed by atoms with E-state index in [0.717, 1.165) is 18.4 Å². The van der Waals surface area contributed by atoms with Gasteiger partial charge in [0.2, 0.25) is 21.7 Å². The third-order valence-electron chi connectivity index (χ3n) is 5.39. The fourth-order valence-electron chi connectivity index (χ4n) is 3.64. The Morgan fingerprint density at radius 2 is 1.79 bits per heavy atom. The van der Waals surface area contributed by atoms with Gasteiger partial charge in [0.15, 0.2) is 0 Å². The summed E-state index contributed by atoms with van der Waals surface area (Å²) in [5.41, 5.74) is 2.15. The van der Waals surface area contributed by atoms with Crippen molar-refractivity contribution in [1.82, 2.24) is 14.4 Å². The van der Waals surface area contributed by atoms with Gasteiger partial charge in [-0.1, -0.05) is 61.5 Å². The lowest BCUT2D eigenvalue weighted by molar-refractivity contribution is 0.265. The van der Waals surface area contributed by atoms with Crippen LogP contribution < -0.4 is 0 Å². The molecule has 0 radical (unpaired) electrons. The number of hydrogen-bond acceptors (Lipinski definition) is 5. The highest BCUT2D eigenvalue weighted by Gasteiger charge is 2.33. The maximum atomic E-state index is 12.9. The van der Waals surface area contributed by atoms with Crippen LogP contribution in [0.5, 0.6) is 0 Å². The number of piperidine rings is 1. The smallest absolute Gasteiger partial charge is 0.243 e. The van der Waals surface area contributed by atoms with Crippen LogP contribution in [0.3, 0.4) is 0 Å². The van der Waals surface area contributed by atoms with Gasteiger partial charge in [-0.15, -0.1) is 0 Å². The van der Waals surface area contributed by atoms with Gasteiger partial charge in [0.1, 0.15) is 0 Å². The predicted octanol–water partition coefficient (Wildman–Crippen LogP) is 4.43. The van der Waals surface area contributed by atoms with Gasteiger partial charge in [0, 0.05) is 18.7 Å². The first-order chi connectivity index (χ1) is 13.9. The van der Waals surface area contributed by atoms with Gasteiger partial charge in [-0.05, 0) is 36.5 Å². The molecule has 1 aliphatic rings. The Hall–Kier alpha value is -2.51. The van der Waals surface area contributed by atoms with Crippen molar-refractivity contribution < 1.29 is 12.9 Å². The molecule has 1 unspecified atom stereocenters. The number of aromatic nitrogens is 2. The van der Waals surface area contributed by atoms with E-state index in [0.29, 0.717) is 35.6 Å². The molecule has 3 aromatic rings. The Kier molecular flexibility index (Phi) is 5.52. The number of hydrogen-bond donors (Lipinski definition) is 0. The normalized spacial score (nSPS) is 18.2. The second-order valence-corrected chi connectivity index (χ2v) is 9.69. The molecule has 6 nitrogen and oxygen atoms in total. The van der Waals surface area contributed by atoms with Crippen molar-refractivity contribution in [3.05, 3.63) is 66.1 Å². The van der Waals surface area contributed by atoms with Gasteiger partial charge in [-0.25, -0.2) is 8.42 Å². The molecule has 0 saturated carbocycles. The molecule has 7 heteroatoms. The Labute approximate surface area is 171 Å². The number of nitrogens with zero attached hydrogens (tertiary/aromatic N) is 3. The van der Waals surface area contributed by atoms with Crippen molar-refractivity contribution in [2.45, 2.75) is 43.4 Å². The maximum absolute atomic E-state index is 12.9. The molecule has 1 saturated heterocycles. The topological polar surface area (TPSA) is 76.3 Å². The lowest BCUT2D eigenvalue weighted by atomic mass is 9.99. The second-order valence-electron chi connectivity index (χ2n) is 7.75. The van der Waals surface area contributed by atoms with Crippen molar-refractivity contribution >= 4 is 10.0 Å². The van der Waals surface area contributed by atoms with E-state index in [9.17, 15) is 8.42 Å². The highest BCUT2D eigenvalue weighted by Crippen LogP contribution is 2.30. The summed E-state index contributed by atoms with van der Waals surface area (Å²) in [5, 5.41) is 4.13. The first-order valence-electron chi connectivity index (χ1n) is 9.94. The van der Waals surface area contributed by atoms with Crippen LogP contribution in [0.25, 0.3) is 11.4 Å². The molecule has 0 N–H and O–H groups in total. The molecule has 4 rings (SSSR count). The molecule has 2 heterocycles. The van der Waals surface area contributed by atoms with Crippen molar-refractivity contribution in [3.63, 3.8) is 0 Å². The molecule has 1 aliphatic heterocycles. The summed E-state index contributed by atoms with van der Waals surface area (Å²) >= 11 is 0. The monoisotopic (exact) mass is 411 g/mol. The van der Waals surface area contributed by atoms with Crippen LogP contribution in [0.1, 0.15) is 50.0 Å². The van der Waals surface area contributed by atoms with E-state index in [1.54, 1.807) is 24.3 Å². The van der Waals surface area contributed by atoms with Gasteiger partial charge >= 0.3 is 0 Å². The van der Waals surface area contributed by atoms with Crippen LogP contribution >= 0.6 is 0 Å². The molecule has 29 heavy (non-hydrogen) atoms. The van der Waals surface area contributed by atoms with Crippen molar-refractivity contribution in [2.75, 3.05) is 13.1 Å². The van der Waals surface area contributed by atoms with Gasteiger partial charge in [-0.2, -0.15) is 9.29 Å². The lowest BCUT2D eigenvalue weighted by Gasteiger charge is -2.30. The van der Waals surface area contributed by atoms with Crippen LogP contribution in [-0.2, 0) is 10.0 Å². The minimum atomic E-state index is -3.52. The Morgan fingerprint density at radius 3 is 2.48 bits per heavy atom. The summed E-state index contributed by atoms with van der Waals surface area (Å²) in [4.78, 5) is 4.89. The standard InChI is InChI=1S/C22H25N3O3S/c1-16(2)17-10-12-18(13-11-17)21-23-22(28-24-21)19-7-6-14-25(15-19)29(26,27)20-8-4-3-5-9-20/h3-5,8-13,16,19H,6-7,14-15H2,1-2H3. The highest BCUT2D eigenvalue weighted by atomic mass is 32.2. The molecule has 1 atom stereocenters. The maximum Gasteiger partial charge on any atom is 0.243 e. The van der Waals surface area contributed by atoms with Gasteiger partial charge < -0.3 is 4.52 Å². The summed E-state index contributed by atoms with van der Waals surface area (Å²) in [6.45, 7) is 5.16. The molecule has 0 spiro atoms. The lowest BCUT2D eigenvalue weighted by Crippen LogP contribution is -2.39. The Morgan fingerprint density at radius 1 is 1.07 bits per heavy atom. The number of sulfonamides is 1. The fourth-order valence-corrected chi connectivity index (χ4v) is 5.18. The third kappa shape index (κ3) is 4.11. The van der Waals surface area contributed by atoms with Crippen molar-refractivity contribution in [3.8, 4) is 11.4 Å². The third-order valence-corrected chi connectivity index (χ3v) is 7.27. The summed E-state index contributed by atoms with van der Waals surface area (Å²) < 4.78 is 32.9. The fraction of sp³-hybridized carbons (Fsp3) is 0.364. The molecular weight excluding hydrogens is 386 g/mol. The molecule has 2 aromatic carbocycles. The van der Waals surface area contributed by atoms with Crippen molar-refractivity contribution in [1.29, 1.82) is 0 Å². The summed E-state index contributed by atoms with van der Waals surface area (Å²) in [7, 11) is -3.52. The average molecular weight is 412 g/mol. The van der Waals surface area contributed by atoms with E-state index in [1.165, 1.54) is 9.87 Å². The molecule has 0 amide bonds. The van der Waals surface area contributed by atoms with E-state index >= 15 is 0 Å². The summed E-state index contributed by atoms with van der Waals surface area (Å²) in [6.07, 6.45) is 1.59. The minimum absolute atomic E-state index is 0.0987.